The van der Waals surface area contributed by atoms with Crippen molar-refractivity contribution in [2.45, 2.75) is 0 Å². The molecule has 2 aromatic carbocycles. The van der Waals surface area contributed by atoms with Gasteiger partial charge in [0.15, 0.2) is 11.5 Å². The van der Waals surface area contributed by atoms with Crippen LogP contribution in [0.15, 0.2) is 42.5 Å². The molecule has 0 saturated heterocycles. The standard InChI is InChI=1S/C18H12ClNO4/c19-14-7-10(8-16(21)17(14)22)5-6-11-9-13(18(23)24)12-3-1-2-4-15(12)20-11/h1-9,21-22H,(H,23,24)/b6-5+. The summed E-state index contributed by atoms with van der Waals surface area (Å²) in [7, 11) is 0. The third kappa shape index (κ3) is 3.02. The van der Waals surface area contributed by atoms with Crippen molar-refractivity contribution in [1.29, 1.82) is 0 Å². The van der Waals surface area contributed by atoms with Crippen molar-refractivity contribution in [1.82, 2.24) is 4.98 Å². The topological polar surface area (TPSA) is 90.7 Å². The molecule has 1 aromatic heterocycles. The van der Waals surface area contributed by atoms with Gasteiger partial charge in [0.1, 0.15) is 0 Å². The van der Waals surface area contributed by atoms with E-state index in [-0.39, 0.29) is 22.1 Å². The molecule has 0 atom stereocenters. The molecule has 3 aromatic rings. The number of aromatic carboxylic acids is 1. The zero-order valence-electron chi connectivity index (χ0n) is 12.3. The number of aromatic nitrogens is 1. The van der Waals surface area contributed by atoms with E-state index < -0.39 is 5.97 Å². The molecule has 0 aliphatic heterocycles. The first-order valence-corrected chi connectivity index (χ1v) is 7.36. The minimum atomic E-state index is -1.03. The molecule has 0 saturated carbocycles. The van der Waals surface area contributed by atoms with Crippen molar-refractivity contribution in [2.24, 2.45) is 0 Å². The second-order valence-electron chi connectivity index (χ2n) is 5.12. The summed E-state index contributed by atoms with van der Waals surface area (Å²) in [6, 6.07) is 11.3. The summed E-state index contributed by atoms with van der Waals surface area (Å²) in [5.41, 5.74) is 1.73. The van der Waals surface area contributed by atoms with Crippen LogP contribution in [0.2, 0.25) is 5.02 Å². The van der Waals surface area contributed by atoms with Crippen molar-refractivity contribution < 1.29 is 20.1 Å². The summed E-state index contributed by atoms with van der Waals surface area (Å²) in [5.74, 6) is -1.75. The quantitative estimate of drug-likeness (QED) is 0.622. The lowest BCUT2D eigenvalue weighted by Gasteiger charge is -2.04. The number of fused-ring (bicyclic) bond motifs is 1. The minimum Gasteiger partial charge on any atom is -0.504 e. The van der Waals surface area contributed by atoms with Crippen molar-refractivity contribution >= 4 is 40.6 Å². The van der Waals surface area contributed by atoms with E-state index in [0.29, 0.717) is 22.2 Å². The van der Waals surface area contributed by atoms with Gasteiger partial charge in [-0.3, -0.25) is 0 Å². The first-order valence-electron chi connectivity index (χ1n) is 6.98. The Morgan fingerprint density at radius 3 is 2.54 bits per heavy atom. The second kappa shape index (κ2) is 6.22. The Hall–Kier alpha value is -3.05. The maximum Gasteiger partial charge on any atom is 0.336 e. The first-order chi connectivity index (χ1) is 11.5. The molecule has 0 aliphatic rings. The van der Waals surface area contributed by atoms with E-state index in [2.05, 4.69) is 4.98 Å². The van der Waals surface area contributed by atoms with E-state index in [1.807, 2.05) is 0 Å². The molecule has 0 bridgehead atoms. The molecule has 5 nitrogen and oxygen atoms in total. The predicted octanol–water partition coefficient (Wildman–Crippen LogP) is 4.17. The number of aromatic hydroxyl groups is 2. The van der Waals surface area contributed by atoms with Gasteiger partial charge >= 0.3 is 5.97 Å². The smallest absolute Gasteiger partial charge is 0.336 e. The van der Waals surface area contributed by atoms with Crippen molar-refractivity contribution in [3.05, 3.63) is 64.3 Å². The van der Waals surface area contributed by atoms with Gasteiger partial charge < -0.3 is 15.3 Å². The number of rotatable bonds is 3. The van der Waals surface area contributed by atoms with Gasteiger partial charge in [-0.1, -0.05) is 35.9 Å². The number of nitrogens with zero attached hydrogens (tertiary/aromatic N) is 1. The summed E-state index contributed by atoms with van der Waals surface area (Å²) < 4.78 is 0. The molecular weight excluding hydrogens is 330 g/mol. The highest BCUT2D eigenvalue weighted by Gasteiger charge is 2.10. The van der Waals surface area contributed by atoms with Crippen LogP contribution >= 0.6 is 11.6 Å². The highest BCUT2D eigenvalue weighted by atomic mass is 35.5. The van der Waals surface area contributed by atoms with Crippen LogP contribution in [0.3, 0.4) is 0 Å². The number of carboxylic acid groups (broad SMARTS) is 1. The van der Waals surface area contributed by atoms with Gasteiger partial charge in [0.25, 0.3) is 0 Å². The molecule has 3 N–H and O–H groups in total. The number of hydrogen-bond acceptors (Lipinski definition) is 4. The Labute approximate surface area is 142 Å². The fourth-order valence-electron chi connectivity index (χ4n) is 2.34. The van der Waals surface area contributed by atoms with E-state index in [1.165, 1.54) is 18.2 Å². The van der Waals surface area contributed by atoms with Crippen molar-refractivity contribution in [3.63, 3.8) is 0 Å². The number of phenols is 2. The minimum absolute atomic E-state index is 0.0207. The summed E-state index contributed by atoms with van der Waals surface area (Å²) in [4.78, 5) is 15.8. The highest BCUT2D eigenvalue weighted by Crippen LogP contribution is 2.34. The summed E-state index contributed by atoms with van der Waals surface area (Å²) >= 11 is 5.81. The molecule has 3 rings (SSSR count). The Kier molecular flexibility index (Phi) is 4.10. The molecule has 1 heterocycles. The van der Waals surface area contributed by atoms with Gasteiger partial charge in [-0.15, -0.1) is 0 Å². The molecule has 0 radical (unpaired) electrons. The Morgan fingerprint density at radius 1 is 1.08 bits per heavy atom. The predicted molar refractivity (Wildman–Crippen MR) is 92.4 cm³/mol. The number of hydrogen-bond donors (Lipinski definition) is 3. The van der Waals surface area contributed by atoms with E-state index in [9.17, 15) is 20.1 Å². The molecule has 0 unspecified atom stereocenters. The third-order valence-electron chi connectivity index (χ3n) is 3.48. The average Bonchev–Trinajstić information content (AvgIpc) is 2.56. The zero-order chi connectivity index (χ0) is 17.3. The number of carboxylic acids is 1. The first kappa shape index (κ1) is 15.8. The van der Waals surface area contributed by atoms with Gasteiger partial charge in [0.05, 0.1) is 21.8 Å². The summed E-state index contributed by atoms with van der Waals surface area (Å²) in [6.45, 7) is 0. The molecular formula is C18H12ClNO4. The molecule has 0 amide bonds. The van der Waals surface area contributed by atoms with Gasteiger partial charge in [0, 0.05) is 5.39 Å². The number of pyridine rings is 1. The third-order valence-corrected chi connectivity index (χ3v) is 3.77. The maximum absolute atomic E-state index is 11.4. The van der Waals surface area contributed by atoms with Crippen LogP contribution in [-0.4, -0.2) is 26.3 Å². The van der Waals surface area contributed by atoms with Crippen LogP contribution in [0.1, 0.15) is 21.6 Å². The molecule has 6 heteroatoms. The SMILES string of the molecule is O=C(O)c1cc(/C=C/c2cc(O)c(O)c(Cl)c2)nc2ccccc12. The van der Waals surface area contributed by atoms with Crippen LogP contribution < -0.4 is 0 Å². The lowest BCUT2D eigenvalue weighted by Crippen LogP contribution is -2.00. The van der Waals surface area contributed by atoms with Crippen LogP contribution in [-0.2, 0) is 0 Å². The van der Waals surface area contributed by atoms with E-state index in [0.717, 1.165) is 0 Å². The fourth-order valence-corrected chi connectivity index (χ4v) is 2.56. The average molecular weight is 342 g/mol. The van der Waals surface area contributed by atoms with Gasteiger partial charge in [-0.25, -0.2) is 9.78 Å². The second-order valence-corrected chi connectivity index (χ2v) is 5.53. The highest BCUT2D eigenvalue weighted by molar-refractivity contribution is 6.32. The maximum atomic E-state index is 11.4. The largest absolute Gasteiger partial charge is 0.504 e. The van der Waals surface area contributed by atoms with E-state index >= 15 is 0 Å². The van der Waals surface area contributed by atoms with Crippen molar-refractivity contribution in [3.8, 4) is 11.5 Å². The van der Waals surface area contributed by atoms with Crippen LogP contribution in [0.4, 0.5) is 0 Å². The summed E-state index contributed by atoms with van der Waals surface area (Å²) in [6.07, 6.45) is 3.23. The van der Waals surface area contributed by atoms with Crippen LogP contribution in [0.25, 0.3) is 23.1 Å². The van der Waals surface area contributed by atoms with Gasteiger partial charge in [-0.05, 0) is 35.9 Å². The van der Waals surface area contributed by atoms with Gasteiger partial charge in [0.2, 0.25) is 0 Å². The Bertz CT molecular complexity index is 959. The van der Waals surface area contributed by atoms with Crippen molar-refractivity contribution in [2.75, 3.05) is 0 Å². The number of para-hydroxylation sites is 1. The molecule has 0 aliphatic carbocycles. The number of carbonyl (C=O) groups is 1. The number of phenolic OH excluding ortho intramolecular Hbond substituents is 2. The molecule has 0 spiro atoms. The van der Waals surface area contributed by atoms with E-state index in [4.69, 9.17) is 11.6 Å². The van der Waals surface area contributed by atoms with Gasteiger partial charge in [-0.2, -0.15) is 0 Å². The van der Waals surface area contributed by atoms with E-state index in [1.54, 1.807) is 36.4 Å². The molecule has 24 heavy (non-hydrogen) atoms. The van der Waals surface area contributed by atoms with Crippen LogP contribution in [0, 0.1) is 0 Å². The molecule has 120 valence electrons. The lowest BCUT2D eigenvalue weighted by molar-refractivity contribution is 0.0699. The normalized spacial score (nSPS) is 11.2. The fraction of sp³-hybridized carbons (Fsp3) is 0. The summed E-state index contributed by atoms with van der Waals surface area (Å²) in [5, 5.41) is 29.0. The lowest BCUT2D eigenvalue weighted by atomic mass is 10.1. The zero-order valence-corrected chi connectivity index (χ0v) is 13.0. The van der Waals surface area contributed by atoms with Crippen LogP contribution in [0.5, 0.6) is 11.5 Å². The molecule has 0 fully saturated rings. The number of halogens is 1. The number of benzene rings is 2. The Balaban J connectivity index is 2.05. The Morgan fingerprint density at radius 2 is 1.83 bits per heavy atom. The monoisotopic (exact) mass is 341 g/mol.